The van der Waals surface area contributed by atoms with E-state index in [1.807, 2.05) is 6.26 Å². The Morgan fingerprint density at radius 1 is 1.10 bits per heavy atom. The number of nitrogens with two attached hydrogens (primary N) is 1. The highest BCUT2D eigenvalue weighted by molar-refractivity contribution is 7.98. The van der Waals surface area contributed by atoms with Gasteiger partial charge in [-0.05, 0) is 6.26 Å². The predicted octanol–water partition coefficient (Wildman–Crippen LogP) is -2.06. The number of imidazole rings is 1. The minimum absolute atomic E-state index is 0. The van der Waals surface area contributed by atoms with Crippen molar-refractivity contribution in [1.29, 1.82) is 0 Å². The zero-order valence-corrected chi connectivity index (χ0v) is 30.2. The zero-order valence-electron chi connectivity index (χ0n) is 26.7. The first-order valence-electron chi connectivity index (χ1n) is 14.0. The van der Waals surface area contributed by atoms with Gasteiger partial charge in [-0.25, -0.2) is 28.6 Å². The second-order valence-corrected chi connectivity index (χ2v) is 16.3. The number of aromatic nitrogens is 4. The Morgan fingerprint density at radius 3 is 2.40 bits per heavy atom. The van der Waals surface area contributed by atoms with Crippen molar-refractivity contribution in [3.05, 3.63) is 12.7 Å². The summed E-state index contributed by atoms with van der Waals surface area (Å²) in [5, 5.41) is 26.3. The van der Waals surface area contributed by atoms with Gasteiger partial charge in [0.05, 0.1) is 19.5 Å². The number of rotatable bonds is 19. The predicted molar refractivity (Wildman–Crippen MR) is 172 cm³/mol. The first-order valence-corrected chi connectivity index (χ1v) is 20.0. The Bertz CT molecular complexity index is 1610. The number of aliphatic hydroxyl groups excluding tert-OH is 2. The number of nitrogen functional groups attached to an aromatic ring is 1. The average Bonchev–Trinajstić information content (AvgIpc) is 3.55. The summed E-state index contributed by atoms with van der Waals surface area (Å²) in [5.41, 5.74) is 4.31. The van der Waals surface area contributed by atoms with E-state index in [4.69, 9.17) is 19.5 Å². The number of fused-ring (bicyclic) bond motifs is 1. The summed E-state index contributed by atoms with van der Waals surface area (Å²) in [7, 11) is -16.3. The number of carbonyl (C=O) groups excluding carboxylic acids is 2. The maximum absolute atomic E-state index is 12.6. The normalized spacial score (nSPS) is 22.7. The molecule has 1 aliphatic heterocycles. The molecule has 24 nitrogen and oxygen atoms in total. The summed E-state index contributed by atoms with van der Waals surface area (Å²) in [5.74, 6) is -0.590. The Kier molecular flexibility index (Phi) is 15.9. The third kappa shape index (κ3) is 12.5. The highest BCUT2D eigenvalue weighted by Crippen LogP contribution is 2.61. The summed E-state index contributed by atoms with van der Waals surface area (Å²) in [4.78, 5) is 74.9. The summed E-state index contributed by atoms with van der Waals surface area (Å²) >= 11 is 1.53. The van der Waals surface area contributed by atoms with E-state index in [0.717, 1.165) is 17.2 Å². The first kappa shape index (κ1) is 44.0. The molecule has 3 heterocycles. The van der Waals surface area contributed by atoms with Crippen LogP contribution in [-0.4, -0.2) is 129 Å². The zero-order chi connectivity index (χ0) is 36.8. The minimum Gasteiger partial charge on any atom is -0.412 e. The largest absolute Gasteiger partial charge is 0.481 e. The van der Waals surface area contributed by atoms with Gasteiger partial charge in [-0.3, -0.25) is 27.7 Å². The molecule has 12 N–H and O–H groups in total. The fraction of sp³-hybridized carbons (Fsp3) is 0.682. The van der Waals surface area contributed by atoms with Gasteiger partial charge < -0.3 is 56.4 Å². The van der Waals surface area contributed by atoms with Crippen LogP contribution in [0.15, 0.2) is 12.7 Å². The van der Waals surface area contributed by atoms with Gasteiger partial charge in [0.2, 0.25) is 11.8 Å². The van der Waals surface area contributed by atoms with Crippen molar-refractivity contribution in [3.8, 4) is 0 Å². The monoisotopic (exact) mass is 799 g/mol. The summed E-state index contributed by atoms with van der Waals surface area (Å²) in [6.45, 7) is 0.896. The van der Waals surface area contributed by atoms with Crippen molar-refractivity contribution >= 4 is 64.0 Å². The molecule has 1 saturated heterocycles. The van der Waals surface area contributed by atoms with Crippen molar-refractivity contribution in [2.45, 2.75) is 50.9 Å². The smallest absolute Gasteiger partial charge is 0.412 e. The highest BCUT2D eigenvalue weighted by atomic mass is 32.2. The molecule has 1 fully saturated rings. The maximum atomic E-state index is 12.6. The average molecular weight is 800 g/mol. The summed E-state index contributed by atoms with van der Waals surface area (Å²) in [6, 6.07) is 0. The number of hydrogen-bond acceptors (Lipinski definition) is 17. The molecule has 2 aromatic heterocycles. The Hall–Kier alpha value is -2.15. The number of ether oxygens (including phenoxy) is 1. The second kappa shape index (κ2) is 18.1. The van der Waals surface area contributed by atoms with Gasteiger partial charge in [0.15, 0.2) is 17.7 Å². The van der Waals surface area contributed by atoms with E-state index in [9.17, 15) is 53.1 Å². The molecule has 0 radical (unpaired) electrons. The van der Waals surface area contributed by atoms with Gasteiger partial charge in [-0.1, -0.05) is 13.8 Å². The van der Waals surface area contributed by atoms with Gasteiger partial charge in [-0.2, -0.15) is 16.1 Å². The van der Waals surface area contributed by atoms with E-state index in [-0.39, 0.29) is 41.3 Å². The van der Waals surface area contributed by atoms with Crippen LogP contribution in [0.2, 0.25) is 0 Å². The molecule has 0 saturated carbocycles. The van der Waals surface area contributed by atoms with Gasteiger partial charge in [0.1, 0.15) is 36.3 Å². The number of nitrogens with zero attached hydrogens (tertiary/aromatic N) is 4. The molecule has 2 aromatic rings. The van der Waals surface area contributed by atoms with Crippen LogP contribution in [0.3, 0.4) is 0 Å². The fourth-order valence-electron chi connectivity index (χ4n) is 4.23. The van der Waals surface area contributed by atoms with Crippen LogP contribution in [0.4, 0.5) is 5.82 Å². The molecule has 0 spiro atoms. The van der Waals surface area contributed by atoms with E-state index in [2.05, 4.69) is 34.4 Å². The molecule has 0 aromatic carbocycles. The van der Waals surface area contributed by atoms with E-state index < -0.39 is 78.6 Å². The van der Waals surface area contributed by atoms with E-state index in [1.165, 1.54) is 25.6 Å². The molecule has 2 unspecified atom stereocenters. The molecule has 50 heavy (non-hydrogen) atoms. The van der Waals surface area contributed by atoms with Crippen molar-refractivity contribution in [2.75, 3.05) is 44.0 Å². The maximum Gasteiger partial charge on any atom is 0.481 e. The van der Waals surface area contributed by atoms with Crippen LogP contribution >= 0.6 is 35.2 Å². The lowest BCUT2D eigenvalue weighted by Crippen LogP contribution is -2.46. The molecular formula is C22H40N7O17P3S. The van der Waals surface area contributed by atoms with Gasteiger partial charge >= 0.3 is 23.5 Å². The number of carbonyl (C=O) groups is 2. The molecule has 7 atom stereocenters. The van der Waals surface area contributed by atoms with E-state index in [0.29, 0.717) is 12.3 Å². The number of aliphatic hydroxyl groups is 2. The van der Waals surface area contributed by atoms with Crippen molar-refractivity contribution in [3.63, 3.8) is 0 Å². The van der Waals surface area contributed by atoms with Crippen molar-refractivity contribution in [1.82, 2.24) is 30.2 Å². The van der Waals surface area contributed by atoms with Crippen LogP contribution in [0.1, 0.15) is 26.5 Å². The van der Waals surface area contributed by atoms with Gasteiger partial charge in [0, 0.05) is 30.7 Å². The molecular weight excluding hydrogens is 759 g/mol. The van der Waals surface area contributed by atoms with E-state index >= 15 is 0 Å². The molecule has 1 aliphatic rings. The topological polar surface area (TPSA) is 378 Å². The quantitative estimate of drug-likeness (QED) is 0.0545. The van der Waals surface area contributed by atoms with Crippen molar-refractivity contribution < 1.29 is 81.2 Å². The number of thioether (sulfide) groups is 1. The fourth-order valence-corrected chi connectivity index (χ4v) is 7.37. The van der Waals surface area contributed by atoms with E-state index in [1.54, 1.807) is 0 Å². The van der Waals surface area contributed by atoms with Crippen LogP contribution in [0.5, 0.6) is 0 Å². The molecule has 28 heteroatoms. The van der Waals surface area contributed by atoms with Crippen LogP contribution in [-0.2, 0) is 45.9 Å². The van der Waals surface area contributed by atoms with Gasteiger partial charge in [0.25, 0.3) is 0 Å². The lowest BCUT2D eigenvalue weighted by atomic mass is 9.87. The number of phosphoric ester groups is 3. The lowest BCUT2D eigenvalue weighted by molar-refractivity contribution is -0.137. The first-order chi connectivity index (χ1) is 22.7. The summed E-state index contributed by atoms with van der Waals surface area (Å²) in [6.07, 6.45) is -4.82. The van der Waals surface area contributed by atoms with Gasteiger partial charge in [-0.15, -0.1) is 0 Å². The molecule has 2 amide bonds. The van der Waals surface area contributed by atoms with Crippen LogP contribution in [0, 0.1) is 5.41 Å². The number of hydrogen-bond donors (Lipinski definition) is 9. The SMILES string of the molecule is CSCCNC(=O)CCNC(=O)[C@H](O)C(C)(C)COP(=O)(O)OP(=O)(O)OC[C@H]1O[C@@H](n2cnc3c(N)ncnc32)[C@H](O)[C@@H]1OP(=O)(O)O.O. The van der Waals surface area contributed by atoms with Crippen LogP contribution < -0.4 is 16.4 Å². The molecule has 0 aliphatic carbocycles. The standard InChI is InChI=1S/C22H38N7O16P3S.H2O/c1-22(2,17(32)20(33)25-5-4-13(30)24-6-7-49-3)9-42-48(39,40)45-47(37,38)41-8-12-16(44-46(34,35)36)15(31)21(43-12)29-11-28-14-18(23)26-10-27-19(14)29;/h10-12,15-17,21,31-32H,4-9H2,1-3H3,(H,24,30)(H,25,33)(H,37,38)(H,39,40)(H2,23,26,27)(H2,34,35,36);1H2/t12-,15-,16-,17+,21-;/m1./s1. The number of nitrogens with one attached hydrogen (secondary N) is 2. The number of amides is 2. The summed E-state index contributed by atoms with van der Waals surface area (Å²) < 4.78 is 61.8. The highest BCUT2D eigenvalue weighted by Gasteiger charge is 2.50. The lowest BCUT2D eigenvalue weighted by Gasteiger charge is -2.30. The third-order valence-corrected chi connectivity index (χ3v) is 10.4. The Labute approximate surface area is 288 Å². The molecule has 286 valence electrons. The Morgan fingerprint density at radius 2 is 1.76 bits per heavy atom. The third-order valence-electron chi connectivity index (χ3n) is 6.71. The number of anilines is 1. The van der Waals surface area contributed by atoms with Crippen LogP contribution in [0.25, 0.3) is 11.2 Å². The second-order valence-electron chi connectivity index (χ2n) is 11.1. The molecule has 3 rings (SSSR count). The van der Waals surface area contributed by atoms with Crippen molar-refractivity contribution in [2.24, 2.45) is 5.41 Å². The molecule has 0 bridgehead atoms. The Balaban J connectivity index is 0.00000867. The number of phosphoric acid groups is 3. The minimum atomic E-state index is -5.54.